The van der Waals surface area contributed by atoms with Crippen LogP contribution in [0.1, 0.15) is 11.6 Å². The molecule has 1 aromatic carbocycles. The van der Waals surface area contributed by atoms with Crippen LogP contribution in [-0.4, -0.2) is 16.3 Å². The Hall–Kier alpha value is -0.840. The summed E-state index contributed by atoms with van der Waals surface area (Å²) in [7, 11) is 1.99. The highest BCUT2D eigenvalue weighted by Gasteiger charge is 2.13. The lowest BCUT2D eigenvalue weighted by atomic mass is 10.0. The number of nitrogens with two attached hydrogens (primary N) is 1. The van der Waals surface area contributed by atoms with Crippen LogP contribution in [-0.2, 0) is 7.05 Å². The second-order valence-corrected chi connectivity index (χ2v) is 4.47. The van der Waals surface area contributed by atoms with E-state index < -0.39 is 0 Å². The highest BCUT2D eigenvalue weighted by atomic mass is 79.9. The highest BCUT2D eigenvalue weighted by molar-refractivity contribution is 9.10. The maximum absolute atomic E-state index is 9.10. The molecular formula is C11H13BrN2O. The molecule has 0 fully saturated rings. The lowest BCUT2D eigenvalue weighted by Crippen LogP contribution is -2.14. The van der Waals surface area contributed by atoms with Crippen molar-refractivity contribution in [1.82, 2.24) is 4.57 Å². The molecule has 0 amide bonds. The van der Waals surface area contributed by atoms with Crippen LogP contribution in [0.5, 0.6) is 0 Å². The van der Waals surface area contributed by atoms with E-state index in [9.17, 15) is 0 Å². The molecule has 0 radical (unpaired) electrons. The van der Waals surface area contributed by atoms with Crippen molar-refractivity contribution >= 4 is 26.8 Å². The zero-order chi connectivity index (χ0) is 11.0. The number of aliphatic hydroxyl groups is 1. The van der Waals surface area contributed by atoms with Crippen molar-refractivity contribution in [3.63, 3.8) is 0 Å². The Kier molecular flexibility index (Phi) is 2.82. The molecule has 0 aliphatic heterocycles. The third-order valence-electron chi connectivity index (χ3n) is 2.60. The first-order valence-corrected chi connectivity index (χ1v) is 5.54. The van der Waals surface area contributed by atoms with Crippen molar-refractivity contribution in [2.75, 3.05) is 6.61 Å². The van der Waals surface area contributed by atoms with Crippen molar-refractivity contribution in [2.45, 2.75) is 6.04 Å². The number of hydrogen-bond acceptors (Lipinski definition) is 2. The van der Waals surface area contributed by atoms with Crippen LogP contribution in [0, 0.1) is 0 Å². The first-order chi connectivity index (χ1) is 7.15. The molecule has 1 heterocycles. The van der Waals surface area contributed by atoms with Gasteiger partial charge in [0.25, 0.3) is 0 Å². The van der Waals surface area contributed by atoms with Gasteiger partial charge in [-0.25, -0.2) is 0 Å². The van der Waals surface area contributed by atoms with E-state index in [0.717, 1.165) is 20.9 Å². The number of halogens is 1. The van der Waals surface area contributed by atoms with Gasteiger partial charge in [0.1, 0.15) is 0 Å². The van der Waals surface area contributed by atoms with Gasteiger partial charge in [-0.1, -0.05) is 12.1 Å². The Bertz CT molecular complexity index is 493. The minimum atomic E-state index is -0.326. The van der Waals surface area contributed by atoms with Gasteiger partial charge in [0.2, 0.25) is 0 Å². The van der Waals surface area contributed by atoms with Crippen molar-refractivity contribution < 1.29 is 5.11 Å². The van der Waals surface area contributed by atoms with Gasteiger partial charge in [0, 0.05) is 28.6 Å². The van der Waals surface area contributed by atoms with Crippen molar-refractivity contribution in [3.05, 3.63) is 34.4 Å². The van der Waals surface area contributed by atoms with Gasteiger partial charge in [-0.05, 0) is 27.6 Å². The molecule has 2 aromatic rings. The van der Waals surface area contributed by atoms with Gasteiger partial charge >= 0.3 is 0 Å². The Morgan fingerprint density at radius 2 is 2.27 bits per heavy atom. The second-order valence-electron chi connectivity index (χ2n) is 3.62. The topological polar surface area (TPSA) is 51.2 Å². The Morgan fingerprint density at radius 3 is 2.93 bits per heavy atom. The van der Waals surface area contributed by atoms with Crippen LogP contribution in [0.15, 0.2) is 28.9 Å². The van der Waals surface area contributed by atoms with E-state index in [0.29, 0.717) is 0 Å². The summed E-state index contributed by atoms with van der Waals surface area (Å²) in [4.78, 5) is 0. The predicted molar refractivity (Wildman–Crippen MR) is 64.6 cm³/mol. The number of aliphatic hydroxyl groups excluding tert-OH is 1. The smallest absolute Gasteiger partial charge is 0.0624 e. The largest absolute Gasteiger partial charge is 0.394 e. The first-order valence-electron chi connectivity index (χ1n) is 4.75. The van der Waals surface area contributed by atoms with Gasteiger partial charge in [0.05, 0.1) is 12.6 Å². The zero-order valence-electron chi connectivity index (χ0n) is 8.44. The van der Waals surface area contributed by atoms with E-state index in [1.54, 1.807) is 0 Å². The molecule has 1 aromatic heterocycles. The average Bonchev–Trinajstić information content (AvgIpc) is 2.54. The molecule has 4 heteroatoms. The average molecular weight is 269 g/mol. The molecule has 15 heavy (non-hydrogen) atoms. The standard InChI is InChI=1S/C11H13BrN2O/c1-14-5-8(12)11-7(9(13)6-15)3-2-4-10(11)14/h2-5,9,15H,6,13H2,1H3. The van der Waals surface area contributed by atoms with E-state index in [2.05, 4.69) is 15.9 Å². The fourth-order valence-corrected chi connectivity index (χ4v) is 2.56. The third kappa shape index (κ3) is 1.69. The summed E-state index contributed by atoms with van der Waals surface area (Å²) >= 11 is 3.51. The van der Waals surface area contributed by atoms with Gasteiger partial charge in [-0.15, -0.1) is 0 Å². The summed E-state index contributed by atoms with van der Waals surface area (Å²) in [5.41, 5.74) is 7.95. The number of aromatic nitrogens is 1. The van der Waals surface area contributed by atoms with E-state index in [4.69, 9.17) is 10.8 Å². The van der Waals surface area contributed by atoms with E-state index in [1.807, 2.05) is 36.0 Å². The van der Waals surface area contributed by atoms with E-state index in [-0.39, 0.29) is 12.6 Å². The van der Waals surface area contributed by atoms with Gasteiger partial charge in [-0.3, -0.25) is 0 Å². The molecule has 80 valence electrons. The highest BCUT2D eigenvalue weighted by Crippen LogP contribution is 2.31. The van der Waals surface area contributed by atoms with Crippen LogP contribution in [0.3, 0.4) is 0 Å². The maximum atomic E-state index is 9.10. The molecule has 0 aliphatic rings. The van der Waals surface area contributed by atoms with E-state index >= 15 is 0 Å². The van der Waals surface area contributed by atoms with Crippen LogP contribution in [0.25, 0.3) is 10.9 Å². The third-order valence-corrected chi connectivity index (χ3v) is 3.20. The molecule has 0 spiro atoms. The first kappa shape index (κ1) is 10.7. The van der Waals surface area contributed by atoms with Gasteiger partial charge < -0.3 is 15.4 Å². The summed E-state index contributed by atoms with van der Waals surface area (Å²) in [6, 6.07) is 5.62. The quantitative estimate of drug-likeness (QED) is 0.875. The SMILES string of the molecule is Cn1cc(Br)c2c(C(N)CO)cccc21. The monoisotopic (exact) mass is 268 g/mol. The van der Waals surface area contributed by atoms with Crippen LogP contribution >= 0.6 is 15.9 Å². The molecule has 1 unspecified atom stereocenters. The summed E-state index contributed by atoms with van der Waals surface area (Å²) in [5, 5.41) is 10.2. The van der Waals surface area contributed by atoms with Crippen molar-refractivity contribution in [1.29, 1.82) is 0 Å². The minimum absolute atomic E-state index is 0.0412. The molecule has 0 aliphatic carbocycles. The van der Waals surface area contributed by atoms with Gasteiger partial charge in [-0.2, -0.15) is 0 Å². The van der Waals surface area contributed by atoms with Crippen LogP contribution < -0.4 is 5.73 Å². The van der Waals surface area contributed by atoms with E-state index in [1.165, 1.54) is 0 Å². The molecule has 3 N–H and O–H groups in total. The normalized spacial score (nSPS) is 13.3. The minimum Gasteiger partial charge on any atom is -0.394 e. The van der Waals surface area contributed by atoms with Crippen molar-refractivity contribution in [2.24, 2.45) is 12.8 Å². The molecule has 3 nitrogen and oxygen atoms in total. The fourth-order valence-electron chi connectivity index (χ4n) is 1.82. The number of benzene rings is 1. The number of nitrogens with zero attached hydrogens (tertiary/aromatic N) is 1. The molecule has 2 rings (SSSR count). The second kappa shape index (κ2) is 3.96. The van der Waals surface area contributed by atoms with Crippen molar-refractivity contribution in [3.8, 4) is 0 Å². The number of fused-ring (bicyclic) bond motifs is 1. The van der Waals surface area contributed by atoms with Crippen LogP contribution in [0.2, 0.25) is 0 Å². The molecule has 0 bridgehead atoms. The Morgan fingerprint density at radius 1 is 1.53 bits per heavy atom. The molecule has 0 saturated carbocycles. The molecular weight excluding hydrogens is 256 g/mol. The predicted octanol–water partition coefficient (Wildman–Crippen LogP) is 1.93. The van der Waals surface area contributed by atoms with Crippen LogP contribution in [0.4, 0.5) is 0 Å². The summed E-state index contributed by atoms with van der Waals surface area (Å²) in [6.45, 7) is -0.0412. The summed E-state index contributed by atoms with van der Waals surface area (Å²) in [6.07, 6.45) is 2.00. The lowest BCUT2D eigenvalue weighted by Gasteiger charge is -2.10. The zero-order valence-corrected chi connectivity index (χ0v) is 10.0. The maximum Gasteiger partial charge on any atom is 0.0624 e. The fraction of sp³-hybridized carbons (Fsp3) is 0.273. The summed E-state index contributed by atoms with van der Waals surface area (Å²) < 4.78 is 3.05. The Labute approximate surface area is 96.6 Å². The Balaban J connectivity index is 2.75. The lowest BCUT2D eigenvalue weighted by molar-refractivity contribution is 0.268. The summed E-state index contributed by atoms with van der Waals surface area (Å²) in [5.74, 6) is 0. The number of rotatable bonds is 2. The molecule has 1 atom stereocenters. The van der Waals surface area contributed by atoms with Gasteiger partial charge in [0.15, 0.2) is 0 Å². The number of hydrogen-bond donors (Lipinski definition) is 2. The molecule has 0 saturated heterocycles. The number of aryl methyl sites for hydroxylation is 1.